The maximum atomic E-state index is 10.7. The second kappa shape index (κ2) is 7.67. The minimum Gasteiger partial charge on any atom is -0.395 e. The first-order valence-electron chi connectivity index (χ1n) is 5.93. The first kappa shape index (κ1) is 15.4. The van der Waals surface area contributed by atoms with Crippen molar-refractivity contribution in [3.8, 4) is 0 Å². The van der Waals surface area contributed by atoms with Gasteiger partial charge >= 0.3 is 0 Å². The van der Waals surface area contributed by atoms with Crippen LogP contribution in [0.25, 0.3) is 0 Å². The van der Waals surface area contributed by atoms with E-state index in [9.17, 15) is 10.1 Å². The van der Waals surface area contributed by atoms with Crippen molar-refractivity contribution in [2.24, 2.45) is 0 Å². The molecule has 0 aliphatic heterocycles. The third kappa shape index (κ3) is 4.82. The van der Waals surface area contributed by atoms with E-state index in [-0.39, 0.29) is 18.0 Å². The molecular formula is C12H19N3O4. The van der Waals surface area contributed by atoms with Gasteiger partial charge in [0, 0.05) is 32.8 Å². The Bertz CT molecular complexity index is 425. The highest BCUT2D eigenvalue weighted by Gasteiger charge is 2.12. The number of nitro groups is 1. The summed E-state index contributed by atoms with van der Waals surface area (Å²) in [4.78, 5) is 12.2. The van der Waals surface area contributed by atoms with Gasteiger partial charge in [-0.25, -0.2) is 0 Å². The number of hydrogen-bond acceptors (Lipinski definition) is 6. The lowest BCUT2D eigenvalue weighted by Gasteiger charge is -2.21. The summed E-state index contributed by atoms with van der Waals surface area (Å²) in [5.41, 5.74) is 6.57. The molecule has 19 heavy (non-hydrogen) atoms. The Labute approximate surface area is 111 Å². The number of rotatable bonds is 8. The molecule has 0 saturated carbocycles. The van der Waals surface area contributed by atoms with E-state index in [0.717, 1.165) is 5.56 Å². The minimum absolute atomic E-state index is 0.0478. The summed E-state index contributed by atoms with van der Waals surface area (Å²) in [6.07, 6.45) is 0. The van der Waals surface area contributed by atoms with Gasteiger partial charge in [-0.2, -0.15) is 0 Å². The zero-order valence-electron chi connectivity index (χ0n) is 10.9. The highest BCUT2D eigenvalue weighted by Crippen LogP contribution is 2.22. The van der Waals surface area contributed by atoms with E-state index in [4.69, 9.17) is 15.6 Å². The molecule has 7 nitrogen and oxygen atoms in total. The largest absolute Gasteiger partial charge is 0.395 e. The molecule has 0 unspecified atom stereocenters. The number of nitro benzene ring substituents is 1. The zero-order chi connectivity index (χ0) is 14.3. The van der Waals surface area contributed by atoms with Crippen LogP contribution in [0.15, 0.2) is 18.2 Å². The second-order valence-electron chi connectivity index (χ2n) is 4.14. The van der Waals surface area contributed by atoms with Crippen LogP contribution < -0.4 is 5.73 Å². The van der Waals surface area contributed by atoms with Gasteiger partial charge in [0.25, 0.3) is 5.69 Å². The molecule has 3 N–H and O–H groups in total. The van der Waals surface area contributed by atoms with Gasteiger partial charge < -0.3 is 15.6 Å². The molecule has 0 aromatic heterocycles. The molecule has 0 radical (unpaired) electrons. The lowest BCUT2D eigenvalue weighted by Crippen LogP contribution is -2.29. The number of ether oxygens (including phenoxy) is 1. The van der Waals surface area contributed by atoms with E-state index in [0.29, 0.717) is 26.2 Å². The topological polar surface area (TPSA) is 102 Å². The molecule has 1 aromatic rings. The van der Waals surface area contributed by atoms with E-state index >= 15 is 0 Å². The van der Waals surface area contributed by atoms with Crippen molar-refractivity contribution in [3.63, 3.8) is 0 Å². The summed E-state index contributed by atoms with van der Waals surface area (Å²) in [7, 11) is 1.61. The van der Waals surface area contributed by atoms with Gasteiger partial charge in [0.2, 0.25) is 0 Å². The van der Waals surface area contributed by atoms with E-state index < -0.39 is 4.92 Å². The monoisotopic (exact) mass is 269 g/mol. The van der Waals surface area contributed by atoms with Gasteiger partial charge in [-0.15, -0.1) is 0 Å². The molecule has 0 atom stereocenters. The van der Waals surface area contributed by atoms with Crippen LogP contribution in [0.1, 0.15) is 5.56 Å². The Morgan fingerprint density at radius 2 is 2.21 bits per heavy atom. The molecule has 106 valence electrons. The standard InChI is InChI=1S/C12H19N3O4/c1-19-7-5-14(4-6-16)9-10-2-3-12(15(17)18)11(13)8-10/h2-3,8,16H,4-7,9,13H2,1H3. The molecular weight excluding hydrogens is 250 g/mol. The van der Waals surface area contributed by atoms with Crippen molar-refractivity contribution in [2.75, 3.05) is 39.1 Å². The molecule has 0 fully saturated rings. The Balaban J connectivity index is 2.73. The van der Waals surface area contributed by atoms with E-state index in [1.807, 2.05) is 4.90 Å². The highest BCUT2D eigenvalue weighted by molar-refractivity contribution is 5.59. The molecule has 0 amide bonds. The first-order chi connectivity index (χ1) is 9.08. The smallest absolute Gasteiger partial charge is 0.292 e. The molecule has 0 aliphatic carbocycles. The minimum atomic E-state index is -0.504. The Morgan fingerprint density at radius 1 is 1.47 bits per heavy atom. The molecule has 0 bridgehead atoms. The zero-order valence-corrected chi connectivity index (χ0v) is 10.9. The third-order valence-electron chi connectivity index (χ3n) is 2.72. The number of benzene rings is 1. The average Bonchev–Trinajstić information content (AvgIpc) is 2.36. The number of hydrogen-bond donors (Lipinski definition) is 2. The van der Waals surface area contributed by atoms with E-state index in [1.54, 1.807) is 19.2 Å². The van der Waals surface area contributed by atoms with Crippen LogP contribution in [0.5, 0.6) is 0 Å². The predicted octanol–water partition coefficient (Wildman–Crippen LogP) is 0.618. The highest BCUT2D eigenvalue weighted by atomic mass is 16.6. The lowest BCUT2D eigenvalue weighted by atomic mass is 10.1. The molecule has 1 aromatic carbocycles. The van der Waals surface area contributed by atoms with Gasteiger partial charge in [-0.1, -0.05) is 6.07 Å². The first-order valence-corrected chi connectivity index (χ1v) is 5.93. The lowest BCUT2D eigenvalue weighted by molar-refractivity contribution is -0.383. The Kier molecular flexibility index (Phi) is 6.20. The molecule has 0 saturated heterocycles. The van der Waals surface area contributed by atoms with E-state index in [2.05, 4.69) is 0 Å². The fourth-order valence-electron chi connectivity index (χ4n) is 1.76. The number of anilines is 1. The summed E-state index contributed by atoms with van der Waals surface area (Å²) >= 11 is 0. The fraction of sp³-hybridized carbons (Fsp3) is 0.500. The molecule has 0 heterocycles. The summed E-state index contributed by atoms with van der Waals surface area (Å²) in [6.45, 7) is 2.36. The van der Waals surface area contributed by atoms with Gasteiger partial charge in [-0.3, -0.25) is 15.0 Å². The SMILES string of the molecule is COCCN(CCO)Cc1ccc([N+](=O)[O-])c(N)c1. The van der Waals surface area contributed by atoms with Crippen LogP contribution in [0.3, 0.4) is 0 Å². The van der Waals surface area contributed by atoms with Crippen molar-refractivity contribution in [1.29, 1.82) is 0 Å². The van der Waals surface area contributed by atoms with Crippen LogP contribution in [0, 0.1) is 10.1 Å². The molecule has 7 heteroatoms. The van der Waals surface area contributed by atoms with Gasteiger partial charge in [0.1, 0.15) is 5.69 Å². The van der Waals surface area contributed by atoms with Crippen LogP contribution in [-0.4, -0.2) is 48.3 Å². The normalized spacial score (nSPS) is 10.9. The van der Waals surface area contributed by atoms with Crippen molar-refractivity contribution in [3.05, 3.63) is 33.9 Å². The molecule has 0 spiro atoms. The number of aliphatic hydroxyl groups is 1. The summed E-state index contributed by atoms with van der Waals surface area (Å²) < 4.78 is 4.99. The summed E-state index contributed by atoms with van der Waals surface area (Å²) in [6, 6.07) is 4.67. The van der Waals surface area contributed by atoms with Crippen LogP contribution in [-0.2, 0) is 11.3 Å². The maximum absolute atomic E-state index is 10.7. The number of nitrogens with zero attached hydrogens (tertiary/aromatic N) is 2. The predicted molar refractivity (Wildman–Crippen MR) is 71.7 cm³/mol. The number of aliphatic hydroxyl groups excluding tert-OH is 1. The molecule has 1 rings (SSSR count). The number of nitrogens with two attached hydrogens (primary N) is 1. The quantitative estimate of drug-likeness (QED) is 0.407. The van der Waals surface area contributed by atoms with Gasteiger partial charge in [0.05, 0.1) is 18.1 Å². The maximum Gasteiger partial charge on any atom is 0.292 e. The number of methoxy groups -OCH3 is 1. The van der Waals surface area contributed by atoms with Crippen molar-refractivity contribution >= 4 is 11.4 Å². The van der Waals surface area contributed by atoms with E-state index in [1.165, 1.54) is 6.07 Å². The second-order valence-corrected chi connectivity index (χ2v) is 4.14. The summed E-state index contributed by atoms with van der Waals surface area (Å²) in [5, 5.41) is 19.7. The van der Waals surface area contributed by atoms with Gasteiger partial charge in [0.15, 0.2) is 0 Å². The van der Waals surface area contributed by atoms with Crippen LogP contribution >= 0.6 is 0 Å². The van der Waals surface area contributed by atoms with Crippen LogP contribution in [0.4, 0.5) is 11.4 Å². The van der Waals surface area contributed by atoms with Crippen molar-refractivity contribution < 1.29 is 14.8 Å². The number of nitrogen functional groups attached to an aromatic ring is 1. The molecule has 0 aliphatic rings. The fourth-order valence-corrected chi connectivity index (χ4v) is 1.76. The summed E-state index contributed by atoms with van der Waals surface area (Å²) in [5.74, 6) is 0. The van der Waals surface area contributed by atoms with Crippen molar-refractivity contribution in [1.82, 2.24) is 4.90 Å². The Hall–Kier alpha value is -1.70. The van der Waals surface area contributed by atoms with Crippen molar-refractivity contribution in [2.45, 2.75) is 6.54 Å². The third-order valence-corrected chi connectivity index (χ3v) is 2.72. The average molecular weight is 269 g/mol. The van der Waals surface area contributed by atoms with Gasteiger partial charge in [-0.05, 0) is 11.6 Å². The Morgan fingerprint density at radius 3 is 2.74 bits per heavy atom. The van der Waals surface area contributed by atoms with Crippen LogP contribution in [0.2, 0.25) is 0 Å².